The Morgan fingerprint density at radius 3 is 2.72 bits per heavy atom. The van der Waals surface area contributed by atoms with Gasteiger partial charge in [0.1, 0.15) is 10.6 Å². The van der Waals surface area contributed by atoms with E-state index in [0.717, 1.165) is 49.4 Å². The molecule has 0 atom stereocenters. The van der Waals surface area contributed by atoms with Crippen LogP contribution in [0.2, 0.25) is 5.15 Å². The molecule has 2 heterocycles. The second kappa shape index (κ2) is 7.09. The molecule has 25 heavy (non-hydrogen) atoms. The molecule has 1 aliphatic heterocycles. The normalized spacial score (nSPS) is 14.6. The zero-order valence-electron chi connectivity index (χ0n) is 12.8. The molecular weight excluding hydrogens is 379 g/mol. The number of amides is 1. The van der Waals surface area contributed by atoms with Crippen molar-refractivity contribution in [2.75, 3.05) is 23.3 Å². The maximum absolute atomic E-state index is 12.4. The first-order valence-corrected chi connectivity index (χ1v) is 8.60. The summed E-state index contributed by atoms with van der Waals surface area (Å²) in [6.45, 7) is 1.73. The number of aromatic nitrogens is 1. The first-order chi connectivity index (χ1) is 11.8. The van der Waals surface area contributed by atoms with Crippen LogP contribution >= 0.6 is 22.9 Å². The van der Waals surface area contributed by atoms with Gasteiger partial charge in [-0.25, -0.2) is 4.98 Å². The third-order valence-electron chi connectivity index (χ3n) is 3.48. The summed E-state index contributed by atoms with van der Waals surface area (Å²) in [5.41, 5.74) is 0.166. The number of carbonyl (C=O) groups excluding carboxylic acids is 1. The Bertz CT molecular complexity index is 776. The Morgan fingerprint density at radius 1 is 1.32 bits per heavy atom. The number of nitrogens with zero attached hydrogens (tertiary/aromatic N) is 2. The maximum Gasteiger partial charge on any atom is 0.573 e. The predicted molar refractivity (Wildman–Crippen MR) is 89.6 cm³/mol. The minimum absolute atomic E-state index is 0.0760. The van der Waals surface area contributed by atoms with Crippen molar-refractivity contribution in [3.63, 3.8) is 0 Å². The van der Waals surface area contributed by atoms with Gasteiger partial charge in [0.25, 0.3) is 5.91 Å². The summed E-state index contributed by atoms with van der Waals surface area (Å²) in [6.07, 6.45) is -2.68. The minimum Gasteiger partial charge on any atom is -0.406 e. The molecule has 1 saturated heterocycles. The van der Waals surface area contributed by atoms with Crippen molar-refractivity contribution in [1.29, 1.82) is 0 Å². The second-order valence-corrected chi connectivity index (χ2v) is 6.68. The Hall–Kier alpha value is -2.00. The number of hydrogen-bond donors (Lipinski definition) is 1. The van der Waals surface area contributed by atoms with E-state index in [-0.39, 0.29) is 15.7 Å². The van der Waals surface area contributed by atoms with E-state index < -0.39 is 18.0 Å². The van der Waals surface area contributed by atoms with Crippen LogP contribution in [0, 0.1) is 0 Å². The number of benzene rings is 1. The number of hydrogen-bond acceptors (Lipinski definition) is 5. The van der Waals surface area contributed by atoms with Gasteiger partial charge in [0.2, 0.25) is 0 Å². The number of alkyl halides is 3. The van der Waals surface area contributed by atoms with Gasteiger partial charge in [-0.15, -0.1) is 13.2 Å². The number of thiazole rings is 1. The third-order valence-corrected chi connectivity index (χ3v) is 4.98. The monoisotopic (exact) mass is 391 g/mol. The molecule has 5 nitrogen and oxygen atoms in total. The Kier molecular flexibility index (Phi) is 5.05. The number of ether oxygens (including phenoxy) is 1. The third kappa shape index (κ3) is 4.55. The van der Waals surface area contributed by atoms with E-state index in [0.29, 0.717) is 5.13 Å². The largest absolute Gasteiger partial charge is 0.573 e. The average molecular weight is 392 g/mol. The van der Waals surface area contributed by atoms with E-state index in [4.69, 9.17) is 11.6 Å². The summed E-state index contributed by atoms with van der Waals surface area (Å²) in [7, 11) is 0. The molecule has 0 radical (unpaired) electrons. The van der Waals surface area contributed by atoms with E-state index in [1.165, 1.54) is 12.1 Å². The predicted octanol–water partition coefficient (Wildman–Crippen LogP) is 4.55. The van der Waals surface area contributed by atoms with Crippen LogP contribution in [-0.4, -0.2) is 30.3 Å². The van der Waals surface area contributed by atoms with Crippen LogP contribution in [0.25, 0.3) is 0 Å². The van der Waals surface area contributed by atoms with Gasteiger partial charge in [-0.1, -0.05) is 29.0 Å². The number of carbonyl (C=O) groups is 1. The van der Waals surface area contributed by atoms with Crippen molar-refractivity contribution in [3.8, 4) is 5.75 Å². The number of nitrogens with one attached hydrogen (secondary N) is 1. The van der Waals surface area contributed by atoms with Crippen molar-refractivity contribution in [1.82, 2.24) is 4.98 Å². The van der Waals surface area contributed by atoms with Gasteiger partial charge < -0.3 is 15.0 Å². The highest BCUT2D eigenvalue weighted by molar-refractivity contribution is 7.18. The summed E-state index contributed by atoms with van der Waals surface area (Å²) in [5, 5.41) is 3.25. The van der Waals surface area contributed by atoms with E-state index in [2.05, 4.69) is 15.0 Å². The summed E-state index contributed by atoms with van der Waals surface area (Å²) in [5.74, 6) is -0.949. The molecule has 0 bridgehead atoms. The number of rotatable bonds is 4. The van der Waals surface area contributed by atoms with Gasteiger partial charge in [-0.3, -0.25) is 4.79 Å². The van der Waals surface area contributed by atoms with Gasteiger partial charge >= 0.3 is 6.36 Å². The van der Waals surface area contributed by atoms with Gasteiger partial charge in [0, 0.05) is 24.8 Å². The van der Waals surface area contributed by atoms with Crippen molar-refractivity contribution in [2.24, 2.45) is 0 Å². The van der Waals surface area contributed by atoms with Crippen LogP contribution in [0.3, 0.4) is 0 Å². The lowest BCUT2D eigenvalue weighted by atomic mass is 10.3. The van der Waals surface area contributed by atoms with Crippen molar-refractivity contribution >= 4 is 39.7 Å². The van der Waals surface area contributed by atoms with E-state index in [1.807, 2.05) is 4.90 Å². The molecule has 1 amide bonds. The molecule has 3 rings (SSSR count). The molecule has 0 unspecified atom stereocenters. The fourth-order valence-electron chi connectivity index (χ4n) is 2.43. The SMILES string of the molecule is O=C(Nc1cccc(OC(F)(F)F)c1)c1sc(N2CCCC2)nc1Cl. The highest BCUT2D eigenvalue weighted by Crippen LogP contribution is 2.32. The molecule has 1 N–H and O–H groups in total. The van der Waals surface area contributed by atoms with Crippen molar-refractivity contribution in [2.45, 2.75) is 19.2 Å². The molecular formula is C15H13ClF3N3O2S. The van der Waals surface area contributed by atoms with Crippen molar-refractivity contribution in [3.05, 3.63) is 34.3 Å². The summed E-state index contributed by atoms with van der Waals surface area (Å²) >= 11 is 7.20. The van der Waals surface area contributed by atoms with Crippen LogP contribution in [0.5, 0.6) is 5.75 Å². The van der Waals surface area contributed by atoms with Crippen LogP contribution in [0.15, 0.2) is 24.3 Å². The molecule has 2 aromatic rings. The lowest BCUT2D eigenvalue weighted by Gasteiger charge is -2.12. The van der Waals surface area contributed by atoms with Crippen LogP contribution in [-0.2, 0) is 0 Å². The quantitative estimate of drug-likeness (QED) is 0.830. The molecule has 134 valence electrons. The molecule has 1 aromatic heterocycles. The van der Waals surface area contributed by atoms with E-state index in [1.54, 1.807) is 0 Å². The molecule has 1 aliphatic rings. The van der Waals surface area contributed by atoms with Gasteiger partial charge in [-0.2, -0.15) is 0 Å². The van der Waals surface area contributed by atoms with E-state index >= 15 is 0 Å². The van der Waals surface area contributed by atoms with Crippen LogP contribution in [0.4, 0.5) is 24.0 Å². The molecule has 0 spiro atoms. The molecule has 0 saturated carbocycles. The zero-order valence-corrected chi connectivity index (χ0v) is 14.3. The second-order valence-electron chi connectivity index (χ2n) is 5.34. The Morgan fingerprint density at radius 2 is 2.04 bits per heavy atom. The Balaban J connectivity index is 1.73. The standard InChI is InChI=1S/C15H13ClF3N3O2S/c16-12-11(25-14(21-12)22-6-1-2-7-22)13(23)20-9-4-3-5-10(8-9)24-15(17,18)19/h3-5,8H,1-2,6-7H2,(H,20,23). The first-order valence-electron chi connectivity index (χ1n) is 7.40. The first kappa shape index (κ1) is 17.8. The molecule has 1 fully saturated rings. The topological polar surface area (TPSA) is 54.5 Å². The summed E-state index contributed by atoms with van der Waals surface area (Å²) in [4.78, 5) is 18.8. The number of halogens is 4. The highest BCUT2D eigenvalue weighted by Gasteiger charge is 2.31. The molecule has 1 aromatic carbocycles. The lowest BCUT2D eigenvalue weighted by Crippen LogP contribution is -2.17. The van der Waals surface area contributed by atoms with Gasteiger partial charge in [0.15, 0.2) is 10.3 Å². The van der Waals surface area contributed by atoms with Gasteiger partial charge in [-0.05, 0) is 25.0 Å². The Labute approximate surface area is 150 Å². The average Bonchev–Trinajstić information content (AvgIpc) is 3.14. The summed E-state index contributed by atoms with van der Waals surface area (Å²) < 4.78 is 40.6. The van der Waals surface area contributed by atoms with Crippen molar-refractivity contribution < 1.29 is 22.7 Å². The molecule has 0 aliphatic carbocycles. The fraction of sp³-hybridized carbons (Fsp3) is 0.333. The lowest BCUT2D eigenvalue weighted by molar-refractivity contribution is -0.274. The highest BCUT2D eigenvalue weighted by atomic mass is 35.5. The summed E-state index contributed by atoms with van der Waals surface area (Å²) in [6, 6.07) is 5.04. The fourth-order valence-corrected chi connectivity index (χ4v) is 3.67. The van der Waals surface area contributed by atoms with Gasteiger partial charge in [0.05, 0.1) is 0 Å². The van der Waals surface area contributed by atoms with Crippen LogP contribution < -0.4 is 15.0 Å². The maximum atomic E-state index is 12.4. The molecule has 10 heteroatoms. The zero-order chi connectivity index (χ0) is 18.0. The number of anilines is 2. The van der Waals surface area contributed by atoms with Crippen LogP contribution in [0.1, 0.15) is 22.5 Å². The minimum atomic E-state index is -4.80. The smallest absolute Gasteiger partial charge is 0.406 e. The van der Waals surface area contributed by atoms with E-state index in [9.17, 15) is 18.0 Å².